The molecule has 1 rings (SSSR count). The van der Waals surface area contributed by atoms with E-state index >= 15 is 0 Å². The minimum absolute atomic E-state index is 0.173. The van der Waals surface area contributed by atoms with Crippen molar-refractivity contribution in [3.05, 3.63) is 29.0 Å². The average Bonchev–Trinajstić information content (AvgIpc) is 2.12. The van der Waals surface area contributed by atoms with E-state index in [1.165, 1.54) is 12.1 Å². The van der Waals surface area contributed by atoms with E-state index in [2.05, 4.69) is 5.32 Å². The number of hydrogen-bond acceptors (Lipinski definition) is 2. The highest BCUT2D eigenvalue weighted by Gasteiger charge is 2.05. The van der Waals surface area contributed by atoms with Gasteiger partial charge >= 0.3 is 0 Å². The van der Waals surface area contributed by atoms with Gasteiger partial charge in [-0.3, -0.25) is 4.79 Å². The molecular weight excluding hydrogens is 207 g/mol. The Morgan fingerprint density at radius 3 is 3.00 bits per heavy atom. The molecule has 0 saturated heterocycles. The summed E-state index contributed by atoms with van der Waals surface area (Å²) in [5, 5.41) is 10.8. The summed E-state index contributed by atoms with van der Waals surface area (Å²) < 4.78 is 12.7. The molecule has 0 spiro atoms. The average molecular weight is 213 g/mol. The van der Waals surface area contributed by atoms with Gasteiger partial charge in [0.2, 0.25) is 5.91 Å². The Hall–Kier alpha value is -1.60. The van der Waals surface area contributed by atoms with Crippen molar-refractivity contribution in [1.82, 2.24) is 0 Å². The van der Waals surface area contributed by atoms with E-state index in [-0.39, 0.29) is 17.1 Å². The molecule has 0 fully saturated rings. The maximum Gasteiger partial charge on any atom is 0.238 e. The van der Waals surface area contributed by atoms with E-state index in [0.29, 0.717) is 0 Å². The zero-order valence-corrected chi connectivity index (χ0v) is 7.81. The lowest BCUT2D eigenvalue weighted by atomic mass is 10.3. The monoisotopic (exact) mass is 212 g/mol. The summed E-state index contributed by atoms with van der Waals surface area (Å²) in [6.45, 7) is 0. The second-order valence-corrected chi connectivity index (χ2v) is 2.91. The van der Waals surface area contributed by atoms with Crippen molar-refractivity contribution in [3.63, 3.8) is 0 Å². The number of anilines is 1. The topological polar surface area (TPSA) is 52.9 Å². The van der Waals surface area contributed by atoms with Crippen LogP contribution >= 0.6 is 11.6 Å². The van der Waals surface area contributed by atoms with E-state index in [9.17, 15) is 9.18 Å². The van der Waals surface area contributed by atoms with Crippen LogP contribution in [0.1, 0.15) is 6.42 Å². The summed E-state index contributed by atoms with van der Waals surface area (Å²) in [6.07, 6.45) is -0.285. The molecule has 0 unspecified atom stereocenters. The lowest BCUT2D eigenvalue weighted by molar-refractivity contribution is -0.115. The highest BCUT2D eigenvalue weighted by atomic mass is 35.5. The zero-order chi connectivity index (χ0) is 10.6. The van der Waals surface area contributed by atoms with Crippen molar-refractivity contribution in [2.45, 2.75) is 6.42 Å². The molecule has 0 radical (unpaired) electrons. The van der Waals surface area contributed by atoms with Gasteiger partial charge in [-0.2, -0.15) is 5.26 Å². The van der Waals surface area contributed by atoms with Gasteiger partial charge in [0, 0.05) is 0 Å². The molecule has 0 bridgehead atoms. The maximum absolute atomic E-state index is 12.7. The largest absolute Gasteiger partial charge is 0.324 e. The number of rotatable bonds is 2. The van der Waals surface area contributed by atoms with Gasteiger partial charge in [0.25, 0.3) is 0 Å². The molecule has 72 valence electrons. The van der Waals surface area contributed by atoms with E-state index in [4.69, 9.17) is 16.9 Å². The molecule has 1 N–H and O–H groups in total. The second-order valence-electron chi connectivity index (χ2n) is 2.51. The zero-order valence-electron chi connectivity index (χ0n) is 7.05. The quantitative estimate of drug-likeness (QED) is 0.818. The normalized spacial score (nSPS) is 9.21. The highest BCUT2D eigenvalue weighted by molar-refractivity contribution is 6.33. The number of benzene rings is 1. The molecule has 0 atom stereocenters. The Balaban J connectivity index is 2.81. The first-order valence-electron chi connectivity index (χ1n) is 3.75. The minimum atomic E-state index is -0.514. The minimum Gasteiger partial charge on any atom is -0.324 e. The molecular formula is C9H6ClFN2O. The van der Waals surface area contributed by atoms with Gasteiger partial charge in [0.05, 0.1) is 16.8 Å². The van der Waals surface area contributed by atoms with Crippen LogP contribution in [0, 0.1) is 17.1 Å². The molecule has 5 heteroatoms. The van der Waals surface area contributed by atoms with Gasteiger partial charge < -0.3 is 5.32 Å². The van der Waals surface area contributed by atoms with Crippen LogP contribution in [0.5, 0.6) is 0 Å². The Labute approximate surface area is 85.1 Å². The van der Waals surface area contributed by atoms with E-state index < -0.39 is 11.7 Å². The molecule has 14 heavy (non-hydrogen) atoms. The van der Waals surface area contributed by atoms with E-state index in [1.54, 1.807) is 6.07 Å². The third kappa shape index (κ3) is 2.71. The Kier molecular flexibility index (Phi) is 3.43. The molecule has 0 heterocycles. The number of nitrogens with zero attached hydrogens (tertiary/aromatic N) is 1. The third-order valence-corrected chi connectivity index (χ3v) is 1.77. The number of halogens is 2. The number of nitrogens with one attached hydrogen (secondary N) is 1. The van der Waals surface area contributed by atoms with Crippen LogP contribution in [0.15, 0.2) is 18.2 Å². The smallest absolute Gasteiger partial charge is 0.238 e. The van der Waals surface area contributed by atoms with Gasteiger partial charge in [-0.05, 0) is 18.2 Å². The van der Waals surface area contributed by atoms with Gasteiger partial charge in [-0.15, -0.1) is 0 Å². The van der Waals surface area contributed by atoms with Gasteiger partial charge in [-0.25, -0.2) is 4.39 Å². The molecule has 1 aromatic carbocycles. The fourth-order valence-corrected chi connectivity index (χ4v) is 1.02. The first kappa shape index (κ1) is 10.5. The maximum atomic E-state index is 12.7. The van der Waals surface area contributed by atoms with E-state index in [0.717, 1.165) is 6.07 Å². The summed E-state index contributed by atoms with van der Waals surface area (Å²) >= 11 is 5.68. The Morgan fingerprint density at radius 1 is 1.64 bits per heavy atom. The molecule has 0 saturated carbocycles. The van der Waals surface area contributed by atoms with Crippen LogP contribution in [0.25, 0.3) is 0 Å². The van der Waals surface area contributed by atoms with Crippen molar-refractivity contribution in [3.8, 4) is 6.07 Å². The summed E-state index contributed by atoms with van der Waals surface area (Å²) in [5.74, 6) is -1.01. The predicted molar refractivity (Wildman–Crippen MR) is 50.3 cm³/mol. The lowest BCUT2D eigenvalue weighted by Gasteiger charge is -2.04. The number of carbonyl (C=O) groups excluding carboxylic acids is 1. The fourth-order valence-electron chi connectivity index (χ4n) is 0.859. The van der Waals surface area contributed by atoms with Crippen LogP contribution in [0.4, 0.5) is 10.1 Å². The standard InChI is InChI=1S/C9H6ClFN2O/c10-7-2-1-6(11)5-8(7)13-9(14)3-4-12/h1-2,5H,3H2,(H,13,14). The van der Waals surface area contributed by atoms with Crippen molar-refractivity contribution in [2.24, 2.45) is 0 Å². The molecule has 0 aliphatic heterocycles. The van der Waals surface area contributed by atoms with Crippen molar-refractivity contribution in [2.75, 3.05) is 5.32 Å². The molecule has 1 amide bonds. The summed E-state index contributed by atoms with van der Waals surface area (Å²) in [6, 6.07) is 5.28. The van der Waals surface area contributed by atoms with Crippen LogP contribution in [0.2, 0.25) is 5.02 Å². The molecule has 1 aromatic rings. The van der Waals surface area contributed by atoms with Crippen molar-refractivity contribution >= 4 is 23.2 Å². The fraction of sp³-hybridized carbons (Fsp3) is 0.111. The van der Waals surface area contributed by atoms with Crippen LogP contribution in [0.3, 0.4) is 0 Å². The summed E-state index contributed by atoms with van der Waals surface area (Å²) in [4.78, 5) is 11.0. The highest BCUT2D eigenvalue weighted by Crippen LogP contribution is 2.22. The van der Waals surface area contributed by atoms with Crippen molar-refractivity contribution in [1.29, 1.82) is 5.26 Å². The Bertz CT molecular complexity index is 400. The predicted octanol–water partition coefficient (Wildman–Crippen LogP) is 2.33. The second kappa shape index (κ2) is 4.58. The summed E-state index contributed by atoms with van der Waals surface area (Å²) in [5.41, 5.74) is 0.173. The van der Waals surface area contributed by atoms with Crippen LogP contribution in [-0.2, 0) is 4.79 Å². The number of amides is 1. The SMILES string of the molecule is N#CCC(=O)Nc1cc(F)ccc1Cl. The van der Waals surface area contributed by atoms with Crippen LogP contribution < -0.4 is 5.32 Å². The van der Waals surface area contributed by atoms with Gasteiger partial charge in [0.1, 0.15) is 12.2 Å². The third-order valence-electron chi connectivity index (χ3n) is 1.44. The molecule has 0 aliphatic carbocycles. The lowest BCUT2D eigenvalue weighted by Crippen LogP contribution is -2.10. The number of carbonyl (C=O) groups is 1. The molecule has 0 aliphatic rings. The Morgan fingerprint density at radius 2 is 2.36 bits per heavy atom. The molecule has 3 nitrogen and oxygen atoms in total. The van der Waals surface area contributed by atoms with E-state index in [1.807, 2.05) is 0 Å². The first-order chi connectivity index (χ1) is 6.63. The van der Waals surface area contributed by atoms with Gasteiger partial charge in [0.15, 0.2) is 0 Å². The first-order valence-corrected chi connectivity index (χ1v) is 4.13. The summed E-state index contributed by atoms with van der Waals surface area (Å²) in [7, 11) is 0. The van der Waals surface area contributed by atoms with Crippen molar-refractivity contribution < 1.29 is 9.18 Å². The number of hydrogen-bond donors (Lipinski definition) is 1. The van der Waals surface area contributed by atoms with Gasteiger partial charge in [-0.1, -0.05) is 11.6 Å². The molecule has 0 aromatic heterocycles. The number of nitriles is 1. The van der Waals surface area contributed by atoms with Crippen LogP contribution in [-0.4, -0.2) is 5.91 Å².